The van der Waals surface area contributed by atoms with Gasteiger partial charge < -0.3 is 19.9 Å². The summed E-state index contributed by atoms with van der Waals surface area (Å²) in [5.41, 5.74) is 0.117. The quantitative estimate of drug-likeness (QED) is 0.921. The minimum absolute atomic E-state index is 0.117. The number of hydrogen-bond donors (Lipinski definition) is 1. The van der Waals surface area contributed by atoms with Crippen LogP contribution in [-0.4, -0.2) is 54.2 Å². The largest absolute Gasteiger partial charge is 0.485 e. The molecule has 8 heteroatoms. The molecule has 2 aromatic rings. The SMILES string of the molecule is CN(C)c1ncccc1OC1CCN(C(=O)Nc2ccncc2F)C1. The van der Waals surface area contributed by atoms with Crippen molar-refractivity contribution in [3.8, 4) is 5.75 Å². The molecule has 0 bridgehead atoms. The van der Waals surface area contributed by atoms with E-state index in [0.717, 1.165) is 12.0 Å². The van der Waals surface area contributed by atoms with Gasteiger partial charge in [-0.2, -0.15) is 0 Å². The summed E-state index contributed by atoms with van der Waals surface area (Å²) in [6.45, 7) is 0.973. The van der Waals surface area contributed by atoms with Crippen molar-refractivity contribution >= 4 is 17.5 Å². The van der Waals surface area contributed by atoms with Crippen LogP contribution in [0.4, 0.5) is 20.7 Å². The van der Waals surface area contributed by atoms with Crippen LogP contribution >= 0.6 is 0 Å². The van der Waals surface area contributed by atoms with Gasteiger partial charge in [-0.1, -0.05) is 0 Å². The summed E-state index contributed by atoms with van der Waals surface area (Å²) in [5, 5.41) is 2.56. The minimum atomic E-state index is -0.561. The van der Waals surface area contributed by atoms with Crippen LogP contribution in [0.2, 0.25) is 0 Å². The molecular weight excluding hydrogens is 325 g/mol. The highest BCUT2D eigenvalue weighted by atomic mass is 19.1. The normalized spacial score (nSPS) is 16.6. The van der Waals surface area contributed by atoms with Gasteiger partial charge in [-0.25, -0.2) is 14.2 Å². The van der Waals surface area contributed by atoms with Crippen LogP contribution in [0.1, 0.15) is 6.42 Å². The maximum atomic E-state index is 13.6. The van der Waals surface area contributed by atoms with Gasteiger partial charge in [0, 0.05) is 39.5 Å². The molecule has 1 aliphatic heterocycles. The number of pyridine rings is 2. The van der Waals surface area contributed by atoms with Crippen LogP contribution in [0.5, 0.6) is 5.75 Å². The van der Waals surface area contributed by atoms with Gasteiger partial charge in [0.15, 0.2) is 17.4 Å². The number of amides is 2. The van der Waals surface area contributed by atoms with Crippen molar-refractivity contribution in [2.24, 2.45) is 0 Å². The first-order valence-electron chi connectivity index (χ1n) is 7.99. The van der Waals surface area contributed by atoms with Gasteiger partial charge in [0.1, 0.15) is 6.10 Å². The molecule has 3 rings (SSSR count). The lowest BCUT2D eigenvalue weighted by Gasteiger charge is -2.20. The van der Waals surface area contributed by atoms with Gasteiger partial charge >= 0.3 is 6.03 Å². The van der Waals surface area contributed by atoms with Gasteiger partial charge in [-0.05, 0) is 18.2 Å². The summed E-state index contributed by atoms with van der Waals surface area (Å²) in [4.78, 5) is 23.7. The molecule has 132 valence electrons. The lowest BCUT2D eigenvalue weighted by molar-refractivity contribution is 0.195. The molecule has 1 fully saturated rings. The molecule has 0 saturated carbocycles. The number of rotatable bonds is 4. The first kappa shape index (κ1) is 16.9. The summed E-state index contributed by atoms with van der Waals surface area (Å²) < 4.78 is 19.6. The standard InChI is InChI=1S/C17H20FN5O2/c1-22(2)16-15(4-3-7-20-16)25-12-6-9-23(11-12)17(24)21-14-5-8-19-10-13(14)18/h3-5,7-8,10,12H,6,9,11H2,1-2H3,(H,19,21,24). The van der Waals surface area contributed by atoms with E-state index in [4.69, 9.17) is 4.74 Å². The molecule has 1 aliphatic rings. The Hall–Kier alpha value is -2.90. The van der Waals surface area contributed by atoms with Gasteiger partial charge in [-0.15, -0.1) is 0 Å². The Morgan fingerprint density at radius 2 is 2.24 bits per heavy atom. The molecule has 1 saturated heterocycles. The molecule has 1 atom stereocenters. The molecular formula is C17H20FN5O2. The summed E-state index contributed by atoms with van der Waals surface area (Å²) in [6, 6.07) is 4.75. The first-order chi connectivity index (χ1) is 12.0. The van der Waals surface area contributed by atoms with Gasteiger partial charge in [0.05, 0.1) is 18.4 Å². The second-order valence-electron chi connectivity index (χ2n) is 5.98. The number of aromatic nitrogens is 2. The number of anilines is 2. The Bertz CT molecular complexity index is 755. The number of urea groups is 1. The Balaban J connectivity index is 1.60. The van der Waals surface area contributed by atoms with Gasteiger partial charge in [0.2, 0.25) is 0 Å². The summed E-state index contributed by atoms with van der Waals surface area (Å²) in [7, 11) is 3.79. The van der Waals surface area contributed by atoms with E-state index < -0.39 is 5.82 Å². The monoisotopic (exact) mass is 345 g/mol. The third-order valence-electron chi connectivity index (χ3n) is 3.91. The van der Waals surface area contributed by atoms with Crippen LogP contribution in [0, 0.1) is 5.82 Å². The number of hydrogen-bond acceptors (Lipinski definition) is 5. The van der Waals surface area contributed by atoms with Crippen LogP contribution in [0.3, 0.4) is 0 Å². The lowest BCUT2D eigenvalue weighted by atomic mass is 10.3. The molecule has 0 aromatic carbocycles. The van der Waals surface area contributed by atoms with Crippen molar-refractivity contribution in [2.45, 2.75) is 12.5 Å². The molecule has 2 aromatic heterocycles. The van der Waals surface area contributed by atoms with E-state index in [1.165, 1.54) is 12.3 Å². The highest BCUT2D eigenvalue weighted by Gasteiger charge is 2.28. The maximum Gasteiger partial charge on any atom is 0.322 e. The van der Waals surface area contributed by atoms with Crippen molar-refractivity contribution in [3.05, 3.63) is 42.6 Å². The molecule has 1 unspecified atom stereocenters. The van der Waals surface area contributed by atoms with Crippen LogP contribution < -0.4 is 15.0 Å². The van der Waals surface area contributed by atoms with Gasteiger partial charge in [-0.3, -0.25) is 4.98 Å². The molecule has 3 heterocycles. The smallest absolute Gasteiger partial charge is 0.322 e. The average Bonchev–Trinajstić information content (AvgIpc) is 3.06. The van der Waals surface area contributed by atoms with Crippen LogP contribution in [0.25, 0.3) is 0 Å². The number of carbonyl (C=O) groups excluding carboxylic acids is 1. The zero-order valence-electron chi connectivity index (χ0n) is 14.1. The van der Waals surface area contributed by atoms with E-state index in [2.05, 4.69) is 15.3 Å². The number of nitrogens with one attached hydrogen (secondary N) is 1. The zero-order chi connectivity index (χ0) is 17.8. The summed E-state index contributed by atoms with van der Waals surface area (Å²) in [5.74, 6) is 0.859. The molecule has 0 spiro atoms. The second-order valence-corrected chi connectivity index (χ2v) is 5.98. The topological polar surface area (TPSA) is 70.6 Å². The van der Waals surface area contributed by atoms with Crippen molar-refractivity contribution in [1.82, 2.24) is 14.9 Å². The predicted octanol–water partition coefficient (Wildman–Crippen LogP) is 2.37. The van der Waals surface area contributed by atoms with E-state index in [1.54, 1.807) is 11.1 Å². The highest BCUT2D eigenvalue weighted by molar-refractivity contribution is 5.89. The Morgan fingerprint density at radius 1 is 1.40 bits per heavy atom. The average molecular weight is 345 g/mol. The molecule has 2 amide bonds. The fourth-order valence-electron chi connectivity index (χ4n) is 2.67. The highest BCUT2D eigenvalue weighted by Crippen LogP contribution is 2.27. The maximum absolute atomic E-state index is 13.6. The second kappa shape index (κ2) is 7.33. The number of ether oxygens (including phenoxy) is 1. The van der Waals surface area contributed by atoms with Crippen LogP contribution in [-0.2, 0) is 0 Å². The fraction of sp³-hybridized carbons (Fsp3) is 0.353. The fourth-order valence-corrected chi connectivity index (χ4v) is 2.67. The molecule has 7 nitrogen and oxygen atoms in total. The molecule has 1 N–H and O–H groups in total. The van der Waals surface area contributed by atoms with E-state index in [0.29, 0.717) is 25.3 Å². The Morgan fingerprint density at radius 3 is 3.00 bits per heavy atom. The van der Waals surface area contributed by atoms with Crippen molar-refractivity contribution in [1.29, 1.82) is 0 Å². The first-order valence-corrected chi connectivity index (χ1v) is 7.99. The Labute approximate surface area is 145 Å². The van der Waals surface area contributed by atoms with Crippen LogP contribution in [0.15, 0.2) is 36.8 Å². The van der Waals surface area contributed by atoms with Crippen molar-refractivity contribution in [3.63, 3.8) is 0 Å². The number of carbonyl (C=O) groups is 1. The van der Waals surface area contributed by atoms with E-state index in [9.17, 15) is 9.18 Å². The zero-order valence-corrected chi connectivity index (χ0v) is 14.1. The number of likely N-dealkylation sites (tertiary alicyclic amines) is 1. The van der Waals surface area contributed by atoms with E-state index in [1.807, 2.05) is 31.1 Å². The third kappa shape index (κ3) is 3.96. The third-order valence-corrected chi connectivity index (χ3v) is 3.91. The summed E-state index contributed by atoms with van der Waals surface area (Å²) >= 11 is 0. The van der Waals surface area contributed by atoms with E-state index >= 15 is 0 Å². The predicted molar refractivity (Wildman–Crippen MR) is 92.4 cm³/mol. The molecule has 25 heavy (non-hydrogen) atoms. The van der Waals surface area contributed by atoms with Crippen molar-refractivity contribution < 1.29 is 13.9 Å². The molecule has 0 aliphatic carbocycles. The van der Waals surface area contributed by atoms with Gasteiger partial charge in [0.25, 0.3) is 0 Å². The number of nitrogens with zero attached hydrogens (tertiary/aromatic N) is 4. The molecule has 0 radical (unpaired) electrons. The Kier molecular flexibility index (Phi) is 4.97. The van der Waals surface area contributed by atoms with Crippen molar-refractivity contribution in [2.75, 3.05) is 37.4 Å². The number of halogens is 1. The lowest BCUT2D eigenvalue weighted by Crippen LogP contribution is -2.34. The minimum Gasteiger partial charge on any atom is -0.485 e. The summed E-state index contributed by atoms with van der Waals surface area (Å²) in [6.07, 6.45) is 4.78. The van der Waals surface area contributed by atoms with E-state index in [-0.39, 0.29) is 17.8 Å².